The van der Waals surface area contributed by atoms with Crippen LogP contribution in [0.25, 0.3) is 0 Å². The summed E-state index contributed by atoms with van der Waals surface area (Å²) >= 11 is 0. The molecule has 1 aromatic rings. The Balaban J connectivity index is 2.00. The molecule has 2 heterocycles. The molecule has 2 aliphatic heterocycles. The van der Waals surface area contributed by atoms with Crippen molar-refractivity contribution in [1.29, 1.82) is 0 Å². The molecule has 1 atom stereocenters. The van der Waals surface area contributed by atoms with E-state index in [1.54, 1.807) is 17.3 Å². The van der Waals surface area contributed by atoms with Crippen LogP contribution in [0.2, 0.25) is 0 Å². The lowest BCUT2D eigenvalue weighted by Gasteiger charge is -2.42. The van der Waals surface area contributed by atoms with Gasteiger partial charge >= 0.3 is 6.18 Å². The van der Waals surface area contributed by atoms with E-state index in [2.05, 4.69) is 18.9 Å². The maximum Gasteiger partial charge on any atom is 0.416 e. The van der Waals surface area contributed by atoms with Crippen molar-refractivity contribution in [2.45, 2.75) is 26.2 Å². The van der Waals surface area contributed by atoms with Gasteiger partial charge in [0.2, 0.25) is 0 Å². The minimum atomic E-state index is -4.34. The van der Waals surface area contributed by atoms with Crippen molar-refractivity contribution in [1.82, 2.24) is 5.01 Å². The van der Waals surface area contributed by atoms with Gasteiger partial charge in [0.15, 0.2) is 0 Å². The summed E-state index contributed by atoms with van der Waals surface area (Å²) in [6, 6.07) is 5.46. The van der Waals surface area contributed by atoms with Gasteiger partial charge in [-0.05, 0) is 41.8 Å². The fraction of sp³-hybridized carbons (Fsp3) is 0.353. The van der Waals surface area contributed by atoms with Gasteiger partial charge in [-0.25, -0.2) is 5.01 Å². The van der Waals surface area contributed by atoms with Crippen LogP contribution < -0.4 is 4.90 Å². The number of benzene rings is 1. The monoisotopic (exact) mass is 321 g/mol. The van der Waals surface area contributed by atoms with Crippen LogP contribution in [-0.2, 0) is 6.18 Å². The summed E-state index contributed by atoms with van der Waals surface area (Å²) in [7, 11) is 0. The van der Waals surface area contributed by atoms with E-state index in [0.29, 0.717) is 18.2 Å². The van der Waals surface area contributed by atoms with Gasteiger partial charge in [-0.1, -0.05) is 19.9 Å². The van der Waals surface area contributed by atoms with Gasteiger partial charge in [-0.2, -0.15) is 18.3 Å². The molecule has 0 amide bonds. The zero-order chi connectivity index (χ0) is 16.6. The summed E-state index contributed by atoms with van der Waals surface area (Å²) in [5, 5.41) is 6.10. The van der Waals surface area contributed by atoms with Crippen molar-refractivity contribution >= 4 is 11.9 Å². The van der Waals surface area contributed by atoms with E-state index in [0.717, 1.165) is 11.6 Å². The molecule has 0 fully saturated rings. The number of hydrogen-bond donors (Lipinski definition) is 0. The van der Waals surface area contributed by atoms with Crippen LogP contribution in [0.15, 0.2) is 53.3 Å². The van der Waals surface area contributed by atoms with E-state index >= 15 is 0 Å². The SMILES string of the molecule is CC(C)C1=CN2N=CC=CC2N(c2cccc(C(F)(F)F)c2)C1. The Bertz CT molecular complexity index is 674. The van der Waals surface area contributed by atoms with Crippen molar-refractivity contribution in [2.75, 3.05) is 11.4 Å². The van der Waals surface area contributed by atoms with E-state index in [4.69, 9.17) is 0 Å². The third-order valence-electron chi connectivity index (χ3n) is 4.06. The molecule has 2 aliphatic rings. The second-order valence-corrected chi connectivity index (χ2v) is 5.98. The van der Waals surface area contributed by atoms with Crippen LogP contribution in [-0.4, -0.2) is 23.9 Å². The molecule has 0 N–H and O–H groups in total. The predicted molar refractivity (Wildman–Crippen MR) is 85.0 cm³/mol. The highest BCUT2D eigenvalue weighted by Crippen LogP contribution is 2.34. The van der Waals surface area contributed by atoms with E-state index in [1.807, 2.05) is 23.3 Å². The highest BCUT2D eigenvalue weighted by atomic mass is 19.4. The van der Waals surface area contributed by atoms with Gasteiger partial charge in [0.25, 0.3) is 0 Å². The van der Waals surface area contributed by atoms with E-state index in [9.17, 15) is 13.2 Å². The summed E-state index contributed by atoms with van der Waals surface area (Å²) in [4.78, 5) is 1.94. The summed E-state index contributed by atoms with van der Waals surface area (Å²) in [5.41, 5.74) is 1.04. The third kappa shape index (κ3) is 3.11. The molecule has 6 heteroatoms. The van der Waals surface area contributed by atoms with Crippen LogP contribution >= 0.6 is 0 Å². The molecule has 0 saturated heterocycles. The minimum absolute atomic E-state index is 0.203. The van der Waals surface area contributed by atoms with Crippen LogP contribution in [0.5, 0.6) is 0 Å². The van der Waals surface area contributed by atoms with Crippen molar-refractivity contribution in [3.05, 3.63) is 53.8 Å². The number of halogens is 3. The quantitative estimate of drug-likeness (QED) is 0.811. The topological polar surface area (TPSA) is 18.8 Å². The molecule has 122 valence electrons. The molecule has 3 nitrogen and oxygen atoms in total. The first-order valence-corrected chi connectivity index (χ1v) is 7.50. The van der Waals surface area contributed by atoms with Crippen LogP contribution in [0, 0.1) is 5.92 Å². The fourth-order valence-electron chi connectivity index (χ4n) is 2.71. The summed E-state index contributed by atoms with van der Waals surface area (Å²) in [6.45, 7) is 4.72. The molecule has 0 radical (unpaired) electrons. The second kappa shape index (κ2) is 5.76. The molecule has 23 heavy (non-hydrogen) atoms. The third-order valence-corrected chi connectivity index (χ3v) is 4.06. The number of nitrogens with zero attached hydrogens (tertiary/aromatic N) is 3. The number of fused-ring (bicyclic) bond motifs is 1. The lowest BCUT2D eigenvalue weighted by atomic mass is 10.0. The normalized spacial score (nSPS) is 20.8. The first-order valence-electron chi connectivity index (χ1n) is 7.50. The average Bonchev–Trinajstić information content (AvgIpc) is 2.53. The Morgan fingerprint density at radius 3 is 2.74 bits per heavy atom. The number of allylic oxidation sites excluding steroid dienone is 1. The van der Waals surface area contributed by atoms with Gasteiger partial charge in [0, 0.05) is 24.6 Å². The molecule has 0 saturated carbocycles. The van der Waals surface area contributed by atoms with E-state index in [-0.39, 0.29) is 6.17 Å². The fourth-order valence-corrected chi connectivity index (χ4v) is 2.71. The Kier molecular flexibility index (Phi) is 3.92. The molecule has 0 spiro atoms. The van der Waals surface area contributed by atoms with Crippen molar-refractivity contribution in [2.24, 2.45) is 11.0 Å². The predicted octanol–water partition coefficient (Wildman–Crippen LogP) is 4.25. The Morgan fingerprint density at radius 2 is 2.04 bits per heavy atom. The standard InChI is InChI=1S/C17H18F3N3/c1-12(2)13-10-22(16-7-4-8-21-23(16)11-13)15-6-3-5-14(9-15)17(18,19)20/h3-9,11-12,16H,10H2,1-2H3. The van der Waals surface area contributed by atoms with Crippen molar-refractivity contribution in [3.8, 4) is 0 Å². The lowest BCUT2D eigenvalue weighted by Crippen LogP contribution is -2.49. The maximum atomic E-state index is 13.0. The molecule has 0 bridgehead atoms. The van der Waals surface area contributed by atoms with Gasteiger partial charge in [-0.3, -0.25) is 0 Å². The van der Waals surface area contributed by atoms with E-state index in [1.165, 1.54) is 12.1 Å². The van der Waals surface area contributed by atoms with Crippen LogP contribution in [0.4, 0.5) is 18.9 Å². The van der Waals surface area contributed by atoms with Gasteiger partial charge < -0.3 is 4.90 Å². The molecular formula is C17H18F3N3. The number of hydrazone groups is 1. The smallest absolute Gasteiger partial charge is 0.342 e. The maximum absolute atomic E-state index is 13.0. The zero-order valence-electron chi connectivity index (χ0n) is 13.0. The summed E-state index contributed by atoms with van der Waals surface area (Å²) in [6.07, 6.45) is 2.87. The minimum Gasteiger partial charge on any atom is -0.342 e. The first kappa shape index (κ1) is 15.6. The molecule has 1 unspecified atom stereocenters. The van der Waals surface area contributed by atoms with Crippen LogP contribution in [0.1, 0.15) is 19.4 Å². The summed E-state index contributed by atoms with van der Waals surface area (Å²) in [5.74, 6) is 0.297. The Labute approximate surface area is 133 Å². The molecule has 0 aromatic heterocycles. The highest BCUT2D eigenvalue weighted by molar-refractivity contribution is 5.72. The van der Waals surface area contributed by atoms with Crippen LogP contribution in [0.3, 0.4) is 0 Å². The first-order chi connectivity index (χ1) is 10.9. The van der Waals surface area contributed by atoms with E-state index < -0.39 is 11.7 Å². The number of alkyl halides is 3. The summed E-state index contributed by atoms with van der Waals surface area (Å²) < 4.78 is 39.0. The average molecular weight is 321 g/mol. The number of anilines is 1. The van der Waals surface area contributed by atoms with Gasteiger partial charge in [0.05, 0.1) is 5.56 Å². The van der Waals surface area contributed by atoms with Crippen molar-refractivity contribution in [3.63, 3.8) is 0 Å². The molecule has 0 aliphatic carbocycles. The second-order valence-electron chi connectivity index (χ2n) is 5.98. The Morgan fingerprint density at radius 1 is 1.26 bits per heavy atom. The molecule has 1 aromatic carbocycles. The zero-order valence-corrected chi connectivity index (χ0v) is 13.0. The van der Waals surface area contributed by atoms with Gasteiger partial charge in [-0.15, -0.1) is 0 Å². The number of rotatable bonds is 2. The molecule has 3 rings (SSSR count). The number of hydrogen-bond acceptors (Lipinski definition) is 3. The van der Waals surface area contributed by atoms with Crippen molar-refractivity contribution < 1.29 is 13.2 Å². The lowest BCUT2D eigenvalue weighted by molar-refractivity contribution is -0.137. The largest absolute Gasteiger partial charge is 0.416 e. The highest BCUT2D eigenvalue weighted by Gasteiger charge is 2.33. The molecular weight excluding hydrogens is 303 g/mol. The Hall–Kier alpha value is -2.24. The van der Waals surface area contributed by atoms with Gasteiger partial charge in [0.1, 0.15) is 6.17 Å².